The van der Waals surface area contributed by atoms with Gasteiger partial charge < -0.3 is 13.9 Å². The zero-order chi connectivity index (χ0) is 26.3. The fourth-order valence-corrected chi connectivity index (χ4v) is 5.15. The number of para-hydroxylation sites is 2. The Morgan fingerprint density at radius 3 is 1.64 bits per heavy atom. The number of amidine groups is 1. The van der Waals surface area contributed by atoms with Crippen LogP contribution in [0, 0.1) is 0 Å². The molecule has 0 aliphatic carbocycles. The van der Waals surface area contributed by atoms with Gasteiger partial charge in [-0.15, -0.1) is 4.76 Å². The van der Waals surface area contributed by atoms with Crippen molar-refractivity contribution in [1.82, 2.24) is 4.90 Å². The molecule has 0 atom stereocenters. The van der Waals surface area contributed by atoms with Crippen molar-refractivity contribution in [3.05, 3.63) is 96.1 Å². The molecule has 0 bridgehead atoms. The first-order valence-corrected chi connectivity index (χ1v) is 13.1. The lowest BCUT2D eigenvalue weighted by molar-refractivity contribution is -0.137. The van der Waals surface area contributed by atoms with Crippen LogP contribution in [0.1, 0.15) is 38.8 Å². The van der Waals surface area contributed by atoms with Gasteiger partial charge in [0.05, 0.1) is 5.56 Å². The molecule has 0 saturated heterocycles. The standard InChI is InChI=1S/C27H30F3N2O3P/c1-20(2)32(21(3)4)26(19-22-15-17-23(18-16-22)27(28,29)30)31-36(33,34-24-11-7-5-8-12-24)35-25-13-9-6-10-14-25/h5-18,20-21H,19H2,1-4H3/b31-26-. The SMILES string of the molecule is CC(C)N(/C(Cc1ccc(C(F)(F)F)cc1)=N\P(=O)(Oc1ccccc1)Oc1ccccc1)C(C)C. The van der Waals surface area contributed by atoms with Gasteiger partial charge in [0.25, 0.3) is 0 Å². The Labute approximate surface area is 210 Å². The van der Waals surface area contributed by atoms with Crippen molar-refractivity contribution in [3.8, 4) is 11.5 Å². The second-order valence-electron chi connectivity index (χ2n) is 8.76. The Kier molecular flexibility index (Phi) is 8.85. The highest BCUT2D eigenvalue weighted by Crippen LogP contribution is 2.50. The molecule has 0 saturated carbocycles. The van der Waals surface area contributed by atoms with E-state index in [1.807, 2.05) is 32.6 Å². The second-order valence-corrected chi connectivity index (χ2v) is 10.3. The molecule has 0 aliphatic heterocycles. The number of rotatable bonds is 9. The molecule has 9 heteroatoms. The second kappa shape index (κ2) is 11.7. The van der Waals surface area contributed by atoms with Gasteiger partial charge in [-0.05, 0) is 69.7 Å². The van der Waals surface area contributed by atoms with E-state index in [1.165, 1.54) is 12.1 Å². The molecule has 0 spiro atoms. The summed E-state index contributed by atoms with van der Waals surface area (Å²) in [6.07, 6.45) is -4.30. The molecule has 3 rings (SSSR count). The first kappa shape index (κ1) is 27.3. The maximum atomic E-state index is 14.1. The summed E-state index contributed by atoms with van der Waals surface area (Å²) in [5.41, 5.74) is -0.154. The van der Waals surface area contributed by atoms with Crippen LogP contribution < -0.4 is 9.05 Å². The Morgan fingerprint density at radius 1 is 0.806 bits per heavy atom. The van der Waals surface area contributed by atoms with Gasteiger partial charge in [0, 0.05) is 18.5 Å². The van der Waals surface area contributed by atoms with Crippen molar-refractivity contribution < 1.29 is 26.8 Å². The molecule has 0 amide bonds. The summed E-state index contributed by atoms with van der Waals surface area (Å²) < 4.78 is 69.4. The molecule has 192 valence electrons. The molecule has 3 aromatic rings. The van der Waals surface area contributed by atoms with Crippen molar-refractivity contribution in [2.24, 2.45) is 4.76 Å². The van der Waals surface area contributed by atoms with Crippen LogP contribution in [0.2, 0.25) is 0 Å². The average molecular weight is 519 g/mol. The largest absolute Gasteiger partial charge is 0.564 e. The monoisotopic (exact) mass is 518 g/mol. The molecule has 5 nitrogen and oxygen atoms in total. The first-order chi connectivity index (χ1) is 17.0. The Hall–Kier alpha value is -3.25. The van der Waals surface area contributed by atoms with Gasteiger partial charge in [-0.3, -0.25) is 0 Å². The third-order valence-electron chi connectivity index (χ3n) is 5.22. The Morgan fingerprint density at radius 2 is 1.25 bits per heavy atom. The highest BCUT2D eigenvalue weighted by Gasteiger charge is 2.33. The van der Waals surface area contributed by atoms with Crippen LogP contribution in [0.4, 0.5) is 13.2 Å². The van der Waals surface area contributed by atoms with E-state index in [-0.39, 0.29) is 18.5 Å². The van der Waals surface area contributed by atoms with E-state index in [9.17, 15) is 17.7 Å². The highest BCUT2D eigenvalue weighted by atomic mass is 31.2. The Balaban J connectivity index is 2.07. The molecule has 0 unspecified atom stereocenters. The molecular formula is C27H30F3N2O3P. The maximum Gasteiger partial charge on any atom is 0.564 e. The summed E-state index contributed by atoms with van der Waals surface area (Å²) in [6, 6.07) is 21.9. The first-order valence-electron chi connectivity index (χ1n) is 11.6. The van der Waals surface area contributed by atoms with Gasteiger partial charge in [-0.2, -0.15) is 13.2 Å². The van der Waals surface area contributed by atoms with Crippen molar-refractivity contribution in [3.63, 3.8) is 0 Å². The highest BCUT2D eigenvalue weighted by molar-refractivity contribution is 7.53. The summed E-state index contributed by atoms with van der Waals surface area (Å²) in [5.74, 6) is 1.01. The molecule has 0 aromatic heterocycles. The van der Waals surface area contributed by atoms with E-state index in [1.54, 1.807) is 60.7 Å². The quantitative estimate of drug-likeness (QED) is 0.163. The fraction of sp³-hybridized carbons (Fsp3) is 0.296. The summed E-state index contributed by atoms with van der Waals surface area (Å²) in [6.45, 7) is 7.85. The normalized spacial score (nSPS) is 12.6. The van der Waals surface area contributed by atoms with Crippen LogP contribution >= 0.6 is 7.75 Å². The minimum atomic E-state index is -4.43. The molecule has 0 N–H and O–H groups in total. The summed E-state index contributed by atoms with van der Waals surface area (Å²) in [5, 5.41) is 0. The third-order valence-corrected chi connectivity index (χ3v) is 6.58. The van der Waals surface area contributed by atoms with Gasteiger partial charge in [-0.25, -0.2) is 4.57 Å². The number of benzene rings is 3. The van der Waals surface area contributed by atoms with Gasteiger partial charge in [0.1, 0.15) is 17.3 Å². The lowest BCUT2D eigenvalue weighted by atomic mass is 10.1. The van der Waals surface area contributed by atoms with Crippen LogP contribution in [0.5, 0.6) is 11.5 Å². The van der Waals surface area contributed by atoms with Crippen LogP contribution in [0.15, 0.2) is 89.7 Å². The number of alkyl halides is 3. The van der Waals surface area contributed by atoms with E-state index < -0.39 is 19.5 Å². The third kappa shape index (κ3) is 7.62. The van der Waals surface area contributed by atoms with Crippen molar-refractivity contribution >= 4 is 13.6 Å². The minimum absolute atomic E-state index is 0.0416. The average Bonchev–Trinajstić information content (AvgIpc) is 2.79. The van der Waals surface area contributed by atoms with E-state index in [0.717, 1.165) is 12.1 Å². The van der Waals surface area contributed by atoms with E-state index in [4.69, 9.17) is 9.05 Å². The van der Waals surface area contributed by atoms with Crippen LogP contribution in [0.3, 0.4) is 0 Å². The van der Waals surface area contributed by atoms with Gasteiger partial charge >= 0.3 is 13.9 Å². The molecule has 0 radical (unpaired) electrons. The molecular weight excluding hydrogens is 488 g/mol. The van der Waals surface area contributed by atoms with Crippen molar-refractivity contribution in [2.75, 3.05) is 0 Å². The number of hydrogen-bond acceptors (Lipinski definition) is 3. The van der Waals surface area contributed by atoms with Crippen molar-refractivity contribution in [2.45, 2.75) is 52.4 Å². The van der Waals surface area contributed by atoms with E-state index in [2.05, 4.69) is 4.76 Å². The summed E-state index contributed by atoms with van der Waals surface area (Å²) >= 11 is 0. The maximum absolute atomic E-state index is 14.1. The van der Waals surface area contributed by atoms with Gasteiger partial charge in [0.2, 0.25) is 0 Å². The predicted octanol–water partition coefficient (Wildman–Crippen LogP) is 8.03. The number of nitrogens with zero attached hydrogens (tertiary/aromatic N) is 2. The molecule has 0 heterocycles. The topological polar surface area (TPSA) is 51.1 Å². The zero-order valence-corrected chi connectivity index (χ0v) is 21.5. The predicted molar refractivity (Wildman–Crippen MR) is 136 cm³/mol. The van der Waals surface area contributed by atoms with Gasteiger partial charge in [-0.1, -0.05) is 48.5 Å². The smallest absolute Gasteiger partial charge is 0.399 e. The van der Waals surface area contributed by atoms with E-state index >= 15 is 0 Å². The van der Waals surface area contributed by atoms with E-state index in [0.29, 0.717) is 22.9 Å². The summed E-state index contributed by atoms with van der Waals surface area (Å²) in [7, 11) is -4.16. The fourth-order valence-electron chi connectivity index (χ4n) is 3.79. The summed E-state index contributed by atoms with van der Waals surface area (Å²) in [4.78, 5) is 1.95. The molecule has 36 heavy (non-hydrogen) atoms. The van der Waals surface area contributed by atoms with Gasteiger partial charge in [0.15, 0.2) is 0 Å². The van der Waals surface area contributed by atoms with Crippen LogP contribution in [0.25, 0.3) is 0 Å². The lowest BCUT2D eigenvalue weighted by Crippen LogP contribution is -2.43. The van der Waals surface area contributed by atoms with Crippen molar-refractivity contribution in [1.29, 1.82) is 0 Å². The lowest BCUT2D eigenvalue weighted by Gasteiger charge is -2.34. The molecule has 3 aromatic carbocycles. The van der Waals surface area contributed by atoms with Crippen LogP contribution in [-0.2, 0) is 17.2 Å². The van der Waals surface area contributed by atoms with Crippen LogP contribution in [-0.4, -0.2) is 22.8 Å². The zero-order valence-electron chi connectivity index (χ0n) is 20.6. The minimum Gasteiger partial charge on any atom is -0.399 e. The molecule has 0 aliphatic rings. The number of halogens is 3. The Bertz CT molecular complexity index is 1130. The number of hydrogen-bond donors (Lipinski definition) is 0. The molecule has 0 fully saturated rings.